The van der Waals surface area contributed by atoms with E-state index in [0.29, 0.717) is 12.0 Å². The Morgan fingerprint density at radius 2 is 2.00 bits per heavy atom. The molecule has 1 unspecified atom stereocenters. The summed E-state index contributed by atoms with van der Waals surface area (Å²) in [5.41, 5.74) is -0.127. The van der Waals surface area contributed by atoms with Crippen molar-refractivity contribution in [2.75, 3.05) is 14.1 Å². The molecule has 0 aliphatic heterocycles. The zero-order chi connectivity index (χ0) is 14.6. The van der Waals surface area contributed by atoms with Gasteiger partial charge in [0, 0.05) is 20.1 Å². The van der Waals surface area contributed by atoms with Crippen LogP contribution in [0.5, 0.6) is 0 Å². The van der Waals surface area contributed by atoms with Crippen molar-refractivity contribution >= 4 is 6.03 Å². The van der Waals surface area contributed by atoms with Gasteiger partial charge in [0.15, 0.2) is 0 Å². The standard InChI is InChI=1S/C13H17F3N2O/c1-9(17-12(19)18(2)3)7-10-5-4-6-11(8-10)13(14,15)16/h4-6,8-9H,7H2,1-3H3,(H,17,19). The molecule has 0 aliphatic rings. The van der Waals surface area contributed by atoms with E-state index >= 15 is 0 Å². The third-order valence-corrected chi connectivity index (χ3v) is 2.57. The number of benzene rings is 1. The summed E-state index contributed by atoms with van der Waals surface area (Å²) in [6.45, 7) is 1.75. The molecule has 0 spiro atoms. The lowest BCUT2D eigenvalue weighted by molar-refractivity contribution is -0.137. The molecule has 1 atom stereocenters. The number of carbonyl (C=O) groups excluding carboxylic acids is 1. The lowest BCUT2D eigenvalue weighted by Gasteiger charge is -2.18. The molecule has 1 aromatic carbocycles. The SMILES string of the molecule is CC(Cc1cccc(C(F)(F)F)c1)NC(=O)N(C)C. The molecule has 2 amide bonds. The molecule has 106 valence electrons. The number of halogens is 3. The number of hydrogen-bond acceptors (Lipinski definition) is 1. The number of nitrogens with zero attached hydrogens (tertiary/aromatic N) is 1. The number of alkyl halides is 3. The lowest BCUT2D eigenvalue weighted by atomic mass is 10.0. The van der Waals surface area contributed by atoms with Crippen LogP contribution in [0.25, 0.3) is 0 Å². The molecule has 1 aromatic rings. The number of hydrogen-bond donors (Lipinski definition) is 1. The van der Waals surface area contributed by atoms with Gasteiger partial charge in [0.05, 0.1) is 5.56 Å². The highest BCUT2D eigenvalue weighted by Gasteiger charge is 2.30. The maximum atomic E-state index is 12.5. The fourth-order valence-electron chi connectivity index (χ4n) is 1.62. The van der Waals surface area contributed by atoms with Crippen molar-refractivity contribution in [3.63, 3.8) is 0 Å². The van der Waals surface area contributed by atoms with Crippen LogP contribution in [0.4, 0.5) is 18.0 Å². The second kappa shape index (κ2) is 5.95. The minimum atomic E-state index is -4.34. The highest BCUT2D eigenvalue weighted by Crippen LogP contribution is 2.29. The van der Waals surface area contributed by atoms with Gasteiger partial charge in [-0.1, -0.05) is 18.2 Å². The topological polar surface area (TPSA) is 32.3 Å². The van der Waals surface area contributed by atoms with Gasteiger partial charge in [-0.15, -0.1) is 0 Å². The van der Waals surface area contributed by atoms with Crippen LogP contribution in [0, 0.1) is 0 Å². The minimum Gasteiger partial charge on any atom is -0.335 e. The van der Waals surface area contributed by atoms with E-state index in [0.717, 1.165) is 12.1 Å². The maximum Gasteiger partial charge on any atom is 0.416 e. The summed E-state index contributed by atoms with van der Waals surface area (Å²) in [5, 5.41) is 2.69. The van der Waals surface area contributed by atoms with Gasteiger partial charge >= 0.3 is 12.2 Å². The van der Waals surface area contributed by atoms with E-state index in [-0.39, 0.29) is 12.1 Å². The largest absolute Gasteiger partial charge is 0.416 e. The zero-order valence-corrected chi connectivity index (χ0v) is 11.1. The summed E-state index contributed by atoms with van der Waals surface area (Å²) < 4.78 is 37.6. The lowest BCUT2D eigenvalue weighted by Crippen LogP contribution is -2.40. The van der Waals surface area contributed by atoms with Crippen LogP contribution >= 0.6 is 0 Å². The van der Waals surface area contributed by atoms with Crippen molar-refractivity contribution < 1.29 is 18.0 Å². The highest BCUT2D eigenvalue weighted by atomic mass is 19.4. The Morgan fingerprint density at radius 3 is 2.53 bits per heavy atom. The van der Waals surface area contributed by atoms with Gasteiger partial charge in [0.1, 0.15) is 0 Å². The van der Waals surface area contributed by atoms with E-state index < -0.39 is 11.7 Å². The number of urea groups is 1. The quantitative estimate of drug-likeness (QED) is 0.903. The summed E-state index contributed by atoms with van der Waals surface area (Å²) in [6, 6.07) is 4.63. The normalized spacial score (nSPS) is 12.9. The van der Waals surface area contributed by atoms with Crippen molar-refractivity contribution in [2.24, 2.45) is 0 Å². The number of rotatable bonds is 3. The molecule has 3 nitrogen and oxygen atoms in total. The minimum absolute atomic E-state index is 0.238. The summed E-state index contributed by atoms with van der Waals surface area (Å²) in [7, 11) is 3.21. The van der Waals surface area contributed by atoms with E-state index in [9.17, 15) is 18.0 Å². The Labute approximate surface area is 110 Å². The first kappa shape index (κ1) is 15.3. The van der Waals surface area contributed by atoms with E-state index in [1.807, 2.05) is 0 Å². The molecule has 6 heteroatoms. The van der Waals surface area contributed by atoms with Crippen molar-refractivity contribution in [2.45, 2.75) is 25.6 Å². The molecule has 19 heavy (non-hydrogen) atoms. The molecule has 0 bridgehead atoms. The summed E-state index contributed by atoms with van der Waals surface area (Å²) in [4.78, 5) is 12.8. The molecule has 0 aliphatic carbocycles. The monoisotopic (exact) mass is 274 g/mol. The van der Waals surface area contributed by atoms with Crippen LogP contribution in [0.2, 0.25) is 0 Å². The second-order valence-electron chi connectivity index (χ2n) is 4.65. The number of nitrogens with one attached hydrogen (secondary N) is 1. The molecule has 0 aromatic heterocycles. The smallest absolute Gasteiger partial charge is 0.335 e. The average Bonchev–Trinajstić information content (AvgIpc) is 2.27. The first-order chi connectivity index (χ1) is 8.70. The Bertz CT molecular complexity index is 444. The van der Waals surface area contributed by atoms with Crippen LogP contribution in [0.15, 0.2) is 24.3 Å². The van der Waals surface area contributed by atoms with E-state index in [1.165, 1.54) is 11.0 Å². The molecule has 0 heterocycles. The van der Waals surface area contributed by atoms with Gasteiger partial charge in [0.2, 0.25) is 0 Å². The van der Waals surface area contributed by atoms with Crippen molar-refractivity contribution in [1.82, 2.24) is 10.2 Å². The molecule has 0 fully saturated rings. The van der Waals surface area contributed by atoms with Crippen molar-refractivity contribution in [3.05, 3.63) is 35.4 Å². The van der Waals surface area contributed by atoms with E-state index in [1.54, 1.807) is 27.1 Å². The van der Waals surface area contributed by atoms with Crippen LogP contribution < -0.4 is 5.32 Å². The van der Waals surface area contributed by atoms with Crippen LogP contribution in [-0.4, -0.2) is 31.1 Å². The predicted molar refractivity (Wildman–Crippen MR) is 66.8 cm³/mol. The summed E-state index contributed by atoms with van der Waals surface area (Å²) >= 11 is 0. The van der Waals surface area contributed by atoms with Gasteiger partial charge in [0.25, 0.3) is 0 Å². The predicted octanol–water partition coefficient (Wildman–Crippen LogP) is 2.91. The fourth-order valence-corrected chi connectivity index (χ4v) is 1.62. The summed E-state index contributed by atoms with van der Waals surface area (Å²) in [5.74, 6) is 0. The molecule has 0 saturated heterocycles. The van der Waals surface area contributed by atoms with Crippen LogP contribution in [0.3, 0.4) is 0 Å². The first-order valence-electron chi connectivity index (χ1n) is 5.84. The van der Waals surface area contributed by atoms with Gasteiger partial charge in [-0.25, -0.2) is 4.79 Å². The molecule has 0 radical (unpaired) electrons. The molecular formula is C13H17F3N2O. The Kier molecular flexibility index (Phi) is 4.80. The highest BCUT2D eigenvalue weighted by molar-refractivity contribution is 5.73. The number of amides is 2. The fraction of sp³-hybridized carbons (Fsp3) is 0.462. The zero-order valence-electron chi connectivity index (χ0n) is 11.1. The Hall–Kier alpha value is -1.72. The van der Waals surface area contributed by atoms with Crippen LogP contribution in [0.1, 0.15) is 18.1 Å². The summed E-state index contributed by atoms with van der Waals surface area (Å²) in [6.07, 6.45) is -3.99. The average molecular weight is 274 g/mol. The first-order valence-corrected chi connectivity index (χ1v) is 5.84. The van der Waals surface area contributed by atoms with Gasteiger partial charge in [-0.05, 0) is 25.0 Å². The molecule has 1 N–H and O–H groups in total. The Morgan fingerprint density at radius 1 is 1.37 bits per heavy atom. The van der Waals surface area contributed by atoms with Gasteiger partial charge in [-0.2, -0.15) is 13.2 Å². The van der Waals surface area contributed by atoms with Crippen LogP contribution in [-0.2, 0) is 12.6 Å². The maximum absolute atomic E-state index is 12.5. The molecule has 1 rings (SSSR count). The van der Waals surface area contributed by atoms with Crippen molar-refractivity contribution in [3.8, 4) is 0 Å². The van der Waals surface area contributed by atoms with E-state index in [2.05, 4.69) is 5.32 Å². The molecular weight excluding hydrogens is 257 g/mol. The third kappa shape index (κ3) is 4.81. The molecule has 0 saturated carbocycles. The second-order valence-corrected chi connectivity index (χ2v) is 4.65. The van der Waals surface area contributed by atoms with E-state index in [4.69, 9.17) is 0 Å². The Balaban J connectivity index is 2.70. The third-order valence-electron chi connectivity index (χ3n) is 2.57. The van der Waals surface area contributed by atoms with Gasteiger partial charge < -0.3 is 10.2 Å². The number of carbonyl (C=O) groups is 1. The van der Waals surface area contributed by atoms with Crippen molar-refractivity contribution in [1.29, 1.82) is 0 Å². The van der Waals surface area contributed by atoms with Gasteiger partial charge in [-0.3, -0.25) is 0 Å².